The molecule has 0 bridgehead atoms. The van der Waals surface area contributed by atoms with Gasteiger partial charge in [0.25, 0.3) is 0 Å². The fourth-order valence-corrected chi connectivity index (χ4v) is 4.72. The van der Waals surface area contributed by atoms with Gasteiger partial charge in [-0.1, -0.05) is 12.1 Å². The van der Waals surface area contributed by atoms with Crippen LogP contribution in [0.2, 0.25) is 0 Å². The quantitative estimate of drug-likeness (QED) is 0.297. The van der Waals surface area contributed by atoms with E-state index in [9.17, 15) is 13.2 Å². The van der Waals surface area contributed by atoms with Gasteiger partial charge in [-0.05, 0) is 65.6 Å². The van der Waals surface area contributed by atoms with Crippen LogP contribution in [0.15, 0.2) is 59.0 Å². The Morgan fingerprint density at radius 1 is 0.833 bits per heavy atom. The van der Waals surface area contributed by atoms with Crippen molar-refractivity contribution in [3.05, 3.63) is 76.9 Å². The SMILES string of the molecule is COc1cc2c(cc1OC)CN(Cc1cc(OC)c3oc(-c4ccc(C(F)(F)F)cc4)cc3c1)CC2. The van der Waals surface area contributed by atoms with Crippen LogP contribution < -0.4 is 14.2 Å². The number of benzene rings is 3. The molecule has 0 radical (unpaired) electrons. The van der Waals surface area contributed by atoms with Gasteiger partial charge in [-0.15, -0.1) is 0 Å². The van der Waals surface area contributed by atoms with Gasteiger partial charge in [0.1, 0.15) is 5.76 Å². The van der Waals surface area contributed by atoms with E-state index >= 15 is 0 Å². The van der Waals surface area contributed by atoms with Crippen molar-refractivity contribution in [2.24, 2.45) is 0 Å². The minimum Gasteiger partial charge on any atom is -0.493 e. The van der Waals surface area contributed by atoms with Crippen molar-refractivity contribution in [3.8, 4) is 28.6 Å². The topological polar surface area (TPSA) is 44.1 Å². The number of nitrogens with zero attached hydrogens (tertiary/aromatic N) is 1. The summed E-state index contributed by atoms with van der Waals surface area (Å²) in [6.45, 7) is 2.38. The van der Waals surface area contributed by atoms with Gasteiger partial charge in [0, 0.05) is 30.6 Å². The summed E-state index contributed by atoms with van der Waals surface area (Å²) in [7, 11) is 4.85. The number of ether oxygens (including phenoxy) is 3. The van der Waals surface area contributed by atoms with E-state index in [0.717, 1.165) is 54.1 Å². The summed E-state index contributed by atoms with van der Waals surface area (Å²) in [4.78, 5) is 2.35. The van der Waals surface area contributed by atoms with Crippen molar-refractivity contribution >= 4 is 11.0 Å². The van der Waals surface area contributed by atoms with E-state index in [2.05, 4.69) is 11.0 Å². The summed E-state index contributed by atoms with van der Waals surface area (Å²) in [6.07, 6.45) is -3.48. The Kier molecular flexibility index (Phi) is 6.30. The fraction of sp³-hybridized carbons (Fsp3) is 0.286. The molecule has 1 aromatic heterocycles. The minimum atomic E-state index is -4.38. The molecule has 0 atom stereocenters. The molecule has 5 nitrogen and oxygen atoms in total. The number of alkyl halides is 3. The van der Waals surface area contributed by atoms with Gasteiger partial charge < -0.3 is 18.6 Å². The zero-order chi connectivity index (χ0) is 25.4. The third kappa shape index (κ3) is 4.60. The Balaban J connectivity index is 1.40. The molecule has 0 amide bonds. The van der Waals surface area contributed by atoms with Crippen LogP contribution in [0.4, 0.5) is 13.2 Å². The van der Waals surface area contributed by atoms with Gasteiger partial charge in [0.15, 0.2) is 22.8 Å². The Bertz CT molecular complexity index is 1390. The monoisotopic (exact) mass is 497 g/mol. The average molecular weight is 498 g/mol. The molecular formula is C28H26F3NO4. The predicted molar refractivity (Wildman–Crippen MR) is 131 cm³/mol. The molecular weight excluding hydrogens is 471 g/mol. The summed E-state index contributed by atoms with van der Waals surface area (Å²) in [5.74, 6) is 2.53. The van der Waals surface area contributed by atoms with Crippen LogP contribution >= 0.6 is 0 Å². The number of halogens is 3. The van der Waals surface area contributed by atoms with Crippen LogP contribution in [0.5, 0.6) is 17.2 Å². The number of hydrogen-bond acceptors (Lipinski definition) is 5. The maximum atomic E-state index is 12.9. The first-order valence-electron chi connectivity index (χ1n) is 11.5. The zero-order valence-corrected chi connectivity index (χ0v) is 20.2. The Labute approximate surface area is 207 Å². The third-order valence-electron chi connectivity index (χ3n) is 6.56. The molecule has 36 heavy (non-hydrogen) atoms. The van der Waals surface area contributed by atoms with Crippen molar-refractivity contribution in [2.45, 2.75) is 25.7 Å². The van der Waals surface area contributed by atoms with E-state index < -0.39 is 11.7 Å². The molecule has 0 fully saturated rings. The van der Waals surface area contributed by atoms with E-state index in [0.29, 0.717) is 29.2 Å². The Hall–Kier alpha value is -3.65. The van der Waals surface area contributed by atoms with E-state index in [4.69, 9.17) is 18.6 Å². The Morgan fingerprint density at radius 2 is 1.50 bits per heavy atom. The second-order valence-electron chi connectivity index (χ2n) is 8.84. The molecule has 0 unspecified atom stereocenters. The molecule has 0 saturated carbocycles. The minimum absolute atomic E-state index is 0.488. The smallest absolute Gasteiger partial charge is 0.416 e. The number of rotatable bonds is 6. The highest BCUT2D eigenvalue weighted by Crippen LogP contribution is 2.37. The maximum absolute atomic E-state index is 12.9. The summed E-state index contributed by atoms with van der Waals surface area (Å²) in [6, 6.07) is 14.9. The maximum Gasteiger partial charge on any atom is 0.416 e. The number of furan rings is 1. The summed E-state index contributed by atoms with van der Waals surface area (Å²) in [5.41, 5.74) is 3.97. The van der Waals surface area contributed by atoms with Crippen molar-refractivity contribution in [3.63, 3.8) is 0 Å². The summed E-state index contributed by atoms with van der Waals surface area (Å²) in [5, 5.41) is 0.836. The normalized spacial score (nSPS) is 14.1. The Morgan fingerprint density at radius 3 is 2.14 bits per heavy atom. The van der Waals surface area contributed by atoms with Crippen molar-refractivity contribution < 1.29 is 31.8 Å². The molecule has 1 aliphatic heterocycles. The first-order chi connectivity index (χ1) is 17.3. The highest BCUT2D eigenvalue weighted by Gasteiger charge is 2.30. The van der Waals surface area contributed by atoms with E-state index in [1.807, 2.05) is 24.3 Å². The summed E-state index contributed by atoms with van der Waals surface area (Å²) < 4.78 is 61.3. The second-order valence-corrected chi connectivity index (χ2v) is 8.84. The number of methoxy groups -OCH3 is 3. The van der Waals surface area contributed by atoms with Crippen LogP contribution in [0.1, 0.15) is 22.3 Å². The van der Waals surface area contributed by atoms with E-state index in [1.165, 1.54) is 23.3 Å². The molecule has 0 N–H and O–H groups in total. The van der Waals surface area contributed by atoms with Gasteiger partial charge in [-0.3, -0.25) is 4.90 Å². The lowest BCUT2D eigenvalue weighted by molar-refractivity contribution is -0.137. The fourth-order valence-electron chi connectivity index (χ4n) is 4.72. The summed E-state index contributed by atoms with van der Waals surface area (Å²) >= 11 is 0. The zero-order valence-electron chi connectivity index (χ0n) is 20.2. The van der Waals surface area contributed by atoms with Crippen LogP contribution in [0, 0.1) is 0 Å². The van der Waals surface area contributed by atoms with Gasteiger partial charge >= 0.3 is 6.18 Å². The first-order valence-corrected chi connectivity index (χ1v) is 11.5. The van der Waals surface area contributed by atoms with E-state index in [-0.39, 0.29) is 0 Å². The van der Waals surface area contributed by atoms with Crippen LogP contribution in [-0.2, 0) is 25.7 Å². The van der Waals surface area contributed by atoms with Crippen molar-refractivity contribution in [1.29, 1.82) is 0 Å². The van der Waals surface area contributed by atoms with Crippen molar-refractivity contribution in [1.82, 2.24) is 4.90 Å². The molecule has 3 aromatic carbocycles. The molecule has 0 spiro atoms. The highest BCUT2D eigenvalue weighted by molar-refractivity contribution is 5.88. The van der Waals surface area contributed by atoms with Gasteiger partial charge in [-0.2, -0.15) is 13.2 Å². The molecule has 4 aromatic rings. The molecule has 8 heteroatoms. The van der Waals surface area contributed by atoms with Gasteiger partial charge in [0.05, 0.1) is 26.9 Å². The lowest BCUT2D eigenvalue weighted by Crippen LogP contribution is -2.30. The molecule has 2 heterocycles. The highest BCUT2D eigenvalue weighted by atomic mass is 19.4. The third-order valence-corrected chi connectivity index (χ3v) is 6.56. The lowest BCUT2D eigenvalue weighted by atomic mass is 9.98. The number of fused-ring (bicyclic) bond motifs is 2. The van der Waals surface area contributed by atoms with E-state index in [1.54, 1.807) is 21.3 Å². The molecule has 0 aliphatic carbocycles. The van der Waals surface area contributed by atoms with Gasteiger partial charge in [0.2, 0.25) is 0 Å². The first kappa shape index (κ1) is 24.1. The number of hydrogen-bond donors (Lipinski definition) is 0. The molecule has 5 rings (SSSR count). The standard InChI is InChI=1S/C28H26F3NO4/c1-33-24-12-19-8-9-32(16-21(19)14-25(24)34-2)15-17-10-20-13-23(36-27(20)26(11-17)35-3)18-4-6-22(7-5-18)28(29,30)31/h4-7,10-14H,8-9,15-16H2,1-3H3. The van der Waals surface area contributed by atoms with Crippen molar-refractivity contribution in [2.75, 3.05) is 27.9 Å². The van der Waals surface area contributed by atoms with Crippen LogP contribution in [0.25, 0.3) is 22.3 Å². The van der Waals surface area contributed by atoms with Gasteiger partial charge in [-0.25, -0.2) is 0 Å². The van der Waals surface area contributed by atoms with Crippen LogP contribution in [0.3, 0.4) is 0 Å². The predicted octanol–water partition coefficient (Wildman–Crippen LogP) is 6.70. The average Bonchev–Trinajstić information content (AvgIpc) is 3.31. The molecule has 1 aliphatic rings. The largest absolute Gasteiger partial charge is 0.493 e. The lowest BCUT2D eigenvalue weighted by Gasteiger charge is -2.29. The second kappa shape index (κ2) is 9.43. The molecule has 0 saturated heterocycles. The molecule has 188 valence electrons. The van der Waals surface area contributed by atoms with Crippen LogP contribution in [-0.4, -0.2) is 32.8 Å².